The van der Waals surface area contributed by atoms with Crippen LogP contribution in [-0.4, -0.2) is 27.6 Å². The smallest absolute Gasteiger partial charge is 0.262 e. The molecule has 6 nitrogen and oxygen atoms in total. The van der Waals surface area contributed by atoms with Crippen molar-refractivity contribution in [3.63, 3.8) is 0 Å². The van der Waals surface area contributed by atoms with E-state index in [4.69, 9.17) is 9.47 Å². The van der Waals surface area contributed by atoms with Crippen LogP contribution in [0.3, 0.4) is 0 Å². The molecule has 0 aliphatic carbocycles. The van der Waals surface area contributed by atoms with Crippen molar-refractivity contribution in [2.45, 2.75) is 18.7 Å². The van der Waals surface area contributed by atoms with E-state index in [1.807, 2.05) is 0 Å². The highest BCUT2D eigenvalue weighted by Gasteiger charge is 2.19. The molecule has 1 aromatic carbocycles. The van der Waals surface area contributed by atoms with Crippen LogP contribution in [0.2, 0.25) is 0 Å². The maximum Gasteiger partial charge on any atom is 0.262 e. The maximum atomic E-state index is 12.5. The number of rotatable bonds is 5. The summed E-state index contributed by atoms with van der Waals surface area (Å²) in [7, 11) is -0.649. The van der Waals surface area contributed by atoms with Gasteiger partial charge >= 0.3 is 0 Å². The number of aryl methyl sites for hydroxylation is 2. The van der Waals surface area contributed by atoms with Crippen LogP contribution in [0.15, 0.2) is 35.4 Å². The van der Waals surface area contributed by atoms with Gasteiger partial charge in [-0.15, -0.1) is 0 Å². The lowest BCUT2D eigenvalue weighted by atomic mass is 10.1. The van der Waals surface area contributed by atoms with Gasteiger partial charge in [-0.3, -0.25) is 4.72 Å². The molecule has 1 aromatic heterocycles. The van der Waals surface area contributed by atoms with E-state index < -0.39 is 10.0 Å². The predicted molar refractivity (Wildman–Crippen MR) is 84.1 cm³/mol. The molecule has 1 heterocycles. The highest BCUT2D eigenvalue weighted by molar-refractivity contribution is 7.92. The van der Waals surface area contributed by atoms with Crippen molar-refractivity contribution in [3.05, 3.63) is 41.6 Å². The van der Waals surface area contributed by atoms with Gasteiger partial charge in [-0.1, -0.05) is 0 Å². The summed E-state index contributed by atoms with van der Waals surface area (Å²) in [6.07, 6.45) is 1.40. The fourth-order valence-corrected chi connectivity index (χ4v) is 3.40. The Labute approximate surface area is 130 Å². The molecule has 0 unspecified atom stereocenters. The Morgan fingerprint density at radius 3 is 2.32 bits per heavy atom. The number of ether oxygens (including phenoxy) is 2. The molecule has 22 heavy (non-hydrogen) atoms. The molecule has 0 bridgehead atoms. The number of pyridine rings is 1. The second-order valence-corrected chi connectivity index (χ2v) is 6.43. The highest BCUT2D eigenvalue weighted by Crippen LogP contribution is 2.27. The van der Waals surface area contributed by atoms with E-state index >= 15 is 0 Å². The summed E-state index contributed by atoms with van der Waals surface area (Å²) in [5.74, 6) is 1.07. The van der Waals surface area contributed by atoms with E-state index in [-0.39, 0.29) is 4.90 Å². The fraction of sp³-hybridized carbons (Fsp3) is 0.267. The zero-order valence-corrected chi connectivity index (χ0v) is 13.7. The maximum absolute atomic E-state index is 12.5. The number of methoxy groups -OCH3 is 2. The van der Waals surface area contributed by atoms with Gasteiger partial charge in [-0.2, -0.15) is 0 Å². The second-order valence-electron chi connectivity index (χ2n) is 4.78. The molecule has 2 rings (SSSR count). The molecule has 0 saturated heterocycles. The number of sulfonamides is 1. The van der Waals surface area contributed by atoms with Gasteiger partial charge in [0.05, 0.1) is 31.0 Å². The Bertz CT molecular complexity index is 771. The average Bonchev–Trinajstić information content (AvgIpc) is 2.49. The van der Waals surface area contributed by atoms with Gasteiger partial charge in [0.1, 0.15) is 5.75 Å². The molecule has 0 radical (unpaired) electrons. The average molecular weight is 322 g/mol. The summed E-state index contributed by atoms with van der Waals surface area (Å²) < 4.78 is 37.7. The molecule has 1 N–H and O–H groups in total. The van der Waals surface area contributed by atoms with Gasteiger partial charge in [-0.05, 0) is 43.2 Å². The van der Waals surface area contributed by atoms with E-state index in [2.05, 4.69) is 9.71 Å². The third kappa shape index (κ3) is 3.30. The molecule has 0 aliphatic rings. The van der Waals surface area contributed by atoms with Gasteiger partial charge in [0.15, 0.2) is 0 Å². The van der Waals surface area contributed by atoms with Crippen LogP contribution in [-0.2, 0) is 10.0 Å². The van der Waals surface area contributed by atoms with Crippen molar-refractivity contribution in [2.24, 2.45) is 0 Å². The molecular weight excluding hydrogens is 304 g/mol. The number of aromatic nitrogens is 1. The molecule has 0 atom stereocenters. The minimum absolute atomic E-state index is 0.210. The van der Waals surface area contributed by atoms with Crippen LogP contribution in [0.1, 0.15) is 11.1 Å². The summed E-state index contributed by atoms with van der Waals surface area (Å²) in [4.78, 5) is 4.18. The van der Waals surface area contributed by atoms with Crippen LogP contribution in [0.4, 0.5) is 5.69 Å². The van der Waals surface area contributed by atoms with E-state index in [0.29, 0.717) is 22.9 Å². The highest BCUT2D eigenvalue weighted by atomic mass is 32.2. The quantitative estimate of drug-likeness (QED) is 0.915. The van der Waals surface area contributed by atoms with E-state index in [1.54, 1.807) is 45.2 Å². The van der Waals surface area contributed by atoms with Gasteiger partial charge in [-0.25, -0.2) is 13.4 Å². The van der Waals surface area contributed by atoms with Crippen LogP contribution < -0.4 is 14.2 Å². The molecule has 118 valence electrons. The monoisotopic (exact) mass is 322 g/mol. The van der Waals surface area contributed by atoms with Crippen molar-refractivity contribution in [3.8, 4) is 11.6 Å². The van der Waals surface area contributed by atoms with E-state index in [1.165, 1.54) is 13.3 Å². The number of nitrogens with one attached hydrogen (secondary N) is 1. The van der Waals surface area contributed by atoms with Crippen LogP contribution in [0, 0.1) is 13.8 Å². The van der Waals surface area contributed by atoms with Crippen molar-refractivity contribution in [1.29, 1.82) is 0 Å². The standard InChI is InChI=1S/C15H18N2O4S/c1-10-8-14(11(2)7-13(10)20-3)22(18,19)17-12-5-6-15(21-4)16-9-12/h5-9,17H,1-4H3. The number of nitrogens with zero attached hydrogens (tertiary/aromatic N) is 1. The molecule has 0 spiro atoms. The van der Waals surface area contributed by atoms with Crippen LogP contribution in [0.5, 0.6) is 11.6 Å². The molecule has 0 fully saturated rings. The topological polar surface area (TPSA) is 77.5 Å². The van der Waals surface area contributed by atoms with E-state index in [0.717, 1.165) is 5.56 Å². The van der Waals surface area contributed by atoms with Crippen molar-refractivity contribution >= 4 is 15.7 Å². The Kier molecular flexibility index (Phi) is 4.56. The first-order valence-corrected chi connectivity index (χ1v) is 8.04. The number of hydrogen-bond donors (Lipinski definition) is 1. The van der Waals surface area contributed by atoms with Gasteiger partial charge in [0, 0.05) is 6.07 Å². The third-order valence-corrected chi connectivity index (χ3v) is 4.70. The summed E-state index contributed by atoms with van der Waals surface area (Å²) in [6, 6.07) is 6.47. The second kappa shape index (κ2) is 6.23. The first-order chi connectivity index (χ1) is 10.4. The lowest BCUT2D eigenvalue weighted by Crippen LogP contribution is -2.15. The molecule has 0 amide bonds. The fourth-order valence-electron chi connectivity index (χ4n) is 2.04. The van der Waals surface area contributed by atoms with Gasteiger partial charge < -0.3 is 9.47 Å². The normalized spacial score (nSPS) is 11.1. The molecular formula is C15H18N2O4S. The molecule has 0 aliphatic heterocycles. The lowest BCUT2D eigenvalue weighted by Gasteiger charge is -2.13. The predicted octanol–water partition coefficient (Wildman–Crippen LogP) is 2.52. The first-order valence-electron chi connectivity index (χ1n) is 6.55. The number of hydrogen-bond acceptors (Lipinski definition) is 5. The zero-order valence-electron chi connectivity index (χ0n) is 12.9. The number of benzene rings is 1. The molecule has 2 aromatic rings. The summed E-state index contributed by atoms with van der Waals surface area (Å²) in [5.41, 5.74) is 1.73. The van der Waals surface area contributed by atoms with Crippen LogP contribution >= 0.6 is 0 Å². The Balaban J connectivity index is 2.35. The summed E-state index contributed by atoms with van der Waals surface area (Å²) >= 11 is 0. The van der Waals surface area contributed by atoms with Gasteiger partial charge in [0.25, 0.3) is 10.0 Å². The minimum Gasteiger partial charge on any atom is -0.496 e. The van der Waals surface area contributed by atoms with Crippen LogP contribution in [0.25, 0.3) is 0 Å². The Morgan fingerprint density at radius 2 is 1.77 bits per heavy atom. The minimum atomic E-state index is -3.70. The lowest BCUT2D eigenvalue weighted by molar-refractivity contribution is 0.398. The largest absolute Gasteiger partial charge is 0.496 e. The SMILES string of the molecule is COc1ccc(NS(=O)(=O)c2cc(C)c(OC)cc2C)cn1. The van der Waals surface area contributed by atoms with Crippen molar-refractivity contribution < 1.29 is 17.9 Å². The number of anilines is 1. The van der Waals surface area contributed by atoms with Crippen molar-refractivity contribution in [2.75, 3.05) is 18.9 Å². The molecule has 7 heteroatoms. The molecule has 0 saturated carbocycles. The zero-order chi connectivity index (χ0) is 16.3. The Hall–Kier alpha value is -2.28. The van der Waals surface area contributed by atoms with E-state index in [9.17, 15) is 8.42 Å². The summed E-state index contributed by atoms with van der Waals surface area (Å²) in [5, 5.41) is 0. The Morgan fingerprint density at radius 1 is 1.05 bits per heavy atom. The first kappa shape index (κ1) is 16.1. The van der Waals surface area contributed by atoms with Gasteiger partial charge in [0.2, 0.25) is 5.88 Å². The summed E-state index contributed by atoms with van der Waals surface area (Å²) in [6.45, 7) is 3.52. The van der Waals surface area contributed by atoms with Crippen molar-refractivity contribution in [1.82, 2.24) is 4.98 Å². The third-order valence-electron chi connectivity index (χ3n) is 3.18.